The lowest BCUT2D eigenvalue weighted by atomic mass is 10.00. The number of thiazole rings is 1. The molecule has 3 aromatic carbocycles. The van der Waals surface area contributed by atoms with Gasteiger partial charge < -0.3 is 45.5 Å². The topological polar surface area (TPSA) is 268 Å². The smallest absolute Gasteiger partial charge is 0.185 e. The van der Waals surface area contributed by atoms with Gasteiger partial charge in [0.05, 0.1) is 18.4 Å². The lowest BCUT2D eigenvalue weighted by molar-refractivity contribution is 0.790. The summed E-state index contributed by atoms with van der Waals surface area (Å²) in [6, 6.07) is 21.1. The van der Waals surface area contributed by atoms with Gasteiger partial charge in [0.1, 0.15) is 5.01 Å². The molecule has 0 saturated heterocycles. The molecule has 0 aliphatic heterocycles. The maximum Gasteiger partial charge on any atom is 0.185 e. The highest BCUT2D eigenvalue weighted by Gasteiger charge is 2.10. The molecule has 0 unspecified atom stereocenters. The minimum absolute atomic E-state index is 0.0801. The van der Waals surface area contributed by atoms with Crippen LogP contribution in [0.5, 0.6) is 0 Å². The van der Waals surface area contributed by atoms with Crippen molar-refractivity contribution in [1.82, 2.24) is 10.3 Å². The van der Waals surface area contributed by atoms with E-state index in [4.69, 9.17) is 39.1 Å². The fourth-order valence-corrected chi connectivity index (χ4v) is 5.73. The molecule has 1 aromatic heterocycles. The quantitative estimate of drug-likeness (QED) is 0.0525. The second kappa shape index (κ2) is 23.6. The molecule has 16 N–H and O–H groups in total. The van der Waals surface area contributed by atoms with Crippen LogP contribution in [0.4, 0.5) is 0 Å². The van der Waals surface area contributed by atoms with E-state index in [1.807, 2.05) is 19.2 Å². The van der Waals surface area contributed by atoms with Gasteiger partial charge >= 0.3 is 0 Å². The number of guanidine groups is 2. The summed E-state index contributed by atoms with van der Waals surface area (Å²) < 4.78 is 0. The first kappa shape index (κ1) is 41.4. The predicted octanol–water partition coefficient (Wildman–Crippen LogP) is 1.93. The third-order valence-electron chi connectivity index (χ3n) is 7.05. The maximum atomic E-state index is 5.86. The Hall–Kier alpha value is -5.75. The van der Waals surface area contributed by atoms with E-state index >= 15 is 0 Å². The molecular weight excluding hydrogens is 659 g/mol. The summed E-state index contributed by atoms with van der Waals surface area (Å²) >= 11 is 1.60. The molecule has 0 bridgehead atoms. The van der Waals surface area contributed by atoms with Crippen molar-refractivity contribution in [2.45, 2.75) is 25.7 Å². The zero-order valence-electron chi connectivity index (χ0n) is 29.4. The van der Waals surface area contributed by atoms with Gasteiger partial charge in [-0.3, -0.25) is 20.4 Å². The molecule has 0 saturated carbocycles. The van der Waals surface area contributed by atoms with Crippen molar-refractivity contribution >= 4 is 35.9 Å². The van der Waals surface area contributed by atoms with E-state index in [-0.39, 0.29) is 11.9 Å². The van der Waals surface area contributed by atoms with Crippen LogP contribution < -0.4 is 45.5 Å². The Kier molecular flexibility index (Phi) is 19.1. The second-order valence-corrected chi connectivity index (χ2v) is 11.7. The number of nitrogens with one attached hydrogen (secondary N) is 2. The average Bonchev–Trinajstić information content (AvgIpc) is 3.62. The molecule has 4 aromatic rings. The molecule has 0 aliphatic rings. The predicted molar refractivity (Wildman–Crippen MR) is 216 cm³/mol. The normalized spacial score (nSPS) is 10.1. The summed E-state index contributed by atoms with van der Waals surface area (Å²) in [7, 11) is 3.46. The van der Waals surface area contributed by atoms with E-state index in [0.29, 0.717) is 32.5 Å². The van der Waals surface area contributed by atoms with Gasteiger partial charge in [-0.25, -0.2) is 4.98 Å². The Balaban J connectivity index is 0.00000171. The van der Waals surface area contributed by atoms with E-state index in [1.54, 1.807) is 11.3 Å². The third-order valence-corrected chi connectivity index (χ3v) is 7.95. The first-order valence-electron chi connectivity index (χ1n) is 16.3. The first-order chi connectivity index (χ1) is 24.7. The second-order valence-electron chi connectivity index (χ2n) is 10.9. The number of aromatic nitrogens is 1. The monoisotopic (exact) mass is 709 g/mol. The van der Waals surface area contributed by atoms with E-state index < -0.39 is 0 Å². The number of nitrogens with two attached hydrogens (primary N) is 7. The molecule has 14 heteroatoms. The van der Waals surface area contributed by atoms with Gasteiger partial charge in [0, 0.05) is 47.3 Å². The van der Waals surface area contributed by atoms with Gasteiger partial charge in [0.15, 0.2) is 11.9 Å². The zero-order valence-corrected chi connectivity index (χ0v) is 30.2. The Labute approximate surface area is 305 Å². The van der Waals surface area contributed by atoms with Gasteiger partial charge in [-0.05, 0) is 105 Å². The highest BCUT2D eigenvalue weighted by Crippen LogP contribution is 2.31. The van der Waals surface area contributed by atoms with Gasteiger partial charge in [-0.1, -0.05) is 36.1 Å². The van der Waals surface area contributed by atoms with Crippen molar-refractivity contribution < 1.29 is 0 Å². The molecule has 0 fully saturated rings. The van der Waals surface area contributed by atoms with Crippen molar-refractivity contribution in [3.63, 3.8) is 0 Å². The summed E-state index contributed by atoms with van der Waals surface area (Å²) in [5, 5.41) is 12.1. The first-order valence-corrected chi connectivity index (χ1v) is 17.2. The fraction of sp³-hybridized carbons (Fsp3) is 0.270. The molecule has 0 spiro atoms. The van der Waals surface area contributed by atoms with Crippen LogP contribution in [0.2, 0.25) is 0 Å². The number of aliphatic imine (C=N–C) groups is 3. The van der Waals surface area contributed by atoms with Crippen molar-refractivity contribution in [2.24, 2.45) is 55.1 Å². The molecule has 270 valence electrons. The number of rotatable bonds is 14. The zero-order chi connectivity index (χ0) is 37.4. The van der Waals surface area contributed by atoms with Crippen molar-refractivity contribution in [3.05, 3.63) is 99.4 Å². The highest BCUT2D eigenvalue weighted by molar-refractivity contribution is 7.13. The molecule has 0 atom stereocenters. The summed E-state index contributed by atoms with van der Waals surface area (Å²) in [6.07, 6.45) is 5.24. The van der Waals surface area contributed by atoms with E-state index in [0.717, 1.165) is 69.8 Å². The largest absolute Gasteiger partial charge is 0.390 e. The summed E-state index contributed by atoms with van der Waals surface area (Å²) in [5.74, 6) is 6.90. The van der Waals surface area contributed by atoms with Crippen LogP contribution in [-0.4, -0.2) is 69.9 Å². The number of hydrogen-bond acceptors (Lipinski definition) is 8. The Morgan fingerprint density at radius 2 is 1.31 bits per heavy atom. The lowest BCUT2D eigenvalue weighted by Gasteiger charge is -2.08. The van der Waals surface area contributed by atoms with Crippen LogP contribution in [0.3, 0.4) is 0 Å². The van der Waals surface area contributed by atoms with Crippen molar-refractivity contribution in [3.8, 4) is 33.7 Å². The lowest BCUT2D eigenvalue weighted by Crippen LogP contribution is -2.23. The molecule has 0 aliphatic carbocycles. The van der Waals surface area contributed by atoms with Gasteiger partial charge in [0.2, 0.25) is 0 Å². The maximum absolute atomic E-state index is 5.86. The van der Waals surface area contributed by atoms with Crippen molar-refractivity contribution in [1.29, 1.82) is 5.41 Å². The Morgan fingerprint density at radius 3 is 1.88 bits per heavy atom. The number of benzene rings is 3. The molecule has 0 radical (unpaired) electrons. The van der Waals surface area contributed by atoms with Crippen LogP contribution in [0.15, 0.2) is 81.0 Å². The summed E-state index contributed by atoms with van der Waals surface area (Å²) in [6.45, 7) is 2.55. The Morgan fingerprint density at radius 1 is 0.765 bits per heavy atom. The fourth-order valence-electron chi connectivity index (χ4n) is 4.90. The van der Waals surface area contributed by atoms with Crippen LogP contribution in [-0.2, 0) is 25.7 Å². The van der Waals surface area contributed by atoms with Crippen LogP contribution in [0.1, 0.15) is 33.4 Å². The van der Waals surface area contributed by atoms with Gasteiger partial charge in [0.25, 0.3) is 0 Å². The van der Waals surface area contributed by atoms with E-state index in [2.05, 4.69) is 97.5 Å². The highest BCUT2D eigenvalue weighted by atomic mass is 32.1. The Bertz CT molecular complexity index is 1770. The van der Waals surface area contributed by atoms with Crippen LogP contribution >= 0.6 is 11.3 Å². The van der Waals surface area contributed by atoms with Gasteiger partial charge in [-0.15, -0.1) is 11.3 Å². The van der Waals surface area contributed by atoms with Crippen LogP contribution in [0, 0.1) is 17.3 Å². The third kappa shape index (κ3) is 15.6. The molecule has 0 amide bonds. The standard InChI is InChI=1S/C35H42N10S.CH4N2.CH5N/c1-41-11-7-26-15-25(16-27(17-26)8-12-42-23-36)6-5-24-3-2-4-30(19-24)33-45-32(22-46-33)31-20-28(9-13-43-34(37)38)18-29(21-31)10-14-44-35(39)40;2-1-3;1-2/h2-4,15-23,41H,7-14H2,1H3,(H2,36,42)(H4,37,38,43)(H4,39,40,44);1H,(H3,2,3);2H2,1H3. The minimum Gasteiger partial charge on any atom is -0.390 e. The minimum atomic E-state index is 0.0801. The summed E-state index contributed by atoms with van der Waals surface area (Å²) in [4.78, 5) is 17.4. The molecule has 13 nitrogen and oxygen atoms in total. The molecule has 51 heavy (non-hydrogen) atoms. The van der Waals surface area contributed by atoms with E-state index in [1.165, 1.54) is 24.5 Å². The summed E-state index contributed by atoms with van der Waals surface area (Å²) in [5.41, 5.74) is 45.9. The van der Waals surface area contributed by atoms with E-state index in [9.17, 15) is 0 Å². The van der Waals surface area contributed by atoms with Gasteiger partial charge in [-0.2, -0.15) is 0 Å². The van der Waals surface area contributed by atoms with Crippen molar-refractivity contribution in [2.75, 3.05) is 40.3 Å². The number of likely N-dealkylation sites (N-methyl/N-ethyl adjacent to an activating group) is 1. The average molecular weight is 710 g/mol. The SMILES string of the molecule is CN.CNCCc1cc(C#Cc2cccc(-c3nc(-c4cc(CCN=C(N)N)cc(CCN=C(N)N)c4)cs3)c2)cc(CCN=CN)c1.N=CN. The molecular formula is C37H51N13S. The molecule has 4 rings (SSSR count). The number of nitrogens with zero attached hydrogens (tertiary/aromatic N) is 4. The number of hydrogen-bond donors (Lipinski definition) is 9. The molecule has 1 heterocycles. The van der Waals surface area contributed by atoms with Crippen LogP contribution in [0.25, 0.3) is 21.8 Å².